The number of nitrogens with zero attached hydrogens (tertiary/aromatic N) is 14. The molecule has 0 atom stereocenters. The van der Waals surface area contributed by atoms with Crippen molar-refractivity contribution in [2.24, 2.45) is 0 Å². The van der Waals surface area contributed by atoms with Crippen LogP contribution in [0, 0.1) is 36.4 Å². The van der Waals surface area contributed by atoms with Crippen molar-refractivity contribution in [3.8, 4) is 74.8 Å². The number of pyridine rings is 4. The molecule has 22 aromatic rings. The van der Waals surface area contributed by atoms with Crippen molar-refractivity contribution in [2.45, 2.75) is 0 Å². The molecule has 0 aliphatic heterocycles. The van der Waals surface area contributed by atoms with Crippen LogP contribution in [0.2, 0.25) is 0 Å². The first-order valence-corrected chi connectivity index (χ1v) is 35.4. The SMILES string of the molecule is [Pt+2].[Pt+2].[Pt+2].[c-]1c(Oc2[c-]c3c(cc2)c2ccccc2n3-c2ccccn2)cccc1-n1ncc2ccn(-c3ccccn3)c21.[c-]1c(Oc2[c-]c3c(cc2)c2ccccc2n3-c2ccccn2)cccc1-n1ncc2ccoc21.[c-]1c(Oc2[c-]c3c(cc2)c2ccccc2n3-c2ccccn2)cccc1-n1ncc2ccsc21. The van der Waals surface area contributed by atoms with Gasteiger partial charge in [0.25, 0.3) is 0 Å². The van der Waals surface area contributed by atoms with Gasteiger partial charge in [-0.25, -0.2) is 34.0 Å². The van der Waals surface area contributed by atoms with Gasteiger partial charge < -0.3 is 32.3 Å². The Bertz CT molecular complexity index is 6820. The molecule has 18 nitrogen and oxygen atoms in total. The third-order valence-electron chi connectivity index (χ3n) is 18.6. The van der Waals surface area contributed by atoms with Crippen molar-refractivity contribution >= 4 is 109 Å². The Morgan fingerprint density at radius 3 is 1.18 bits per heavy atom. The Labute approximate surface area is 680 Å². The van der Waals surface area contributed by atoms with Gasteiger partial charge >= 0.3 is 63.2 Å². The second-order valence-electron chi connectivity index (χ2n) is 25.1. The van der Waals surface area contributed by atoms with Crippen LogP contribution in [0.1, 0.15) is 0 Å². The molecule has 0 amide bonds. The Hall–Kier alpha value is -12.9. The molecule has 0 spiro atoms. The fourth-order valence-electron chi connectivity index (χ4n) is 13.8. The molecule has 538 valence electrons. The fourth-order valence-corrected chi connectivity index (χ4v) is 14.7. The van der Waals surface area contributed by atoms with Gasteiger partial charge in [0.05, 0.1) is 30.2 Å². The van der Waals surface area contributed by atoms with Crippen molar-refractivity contribution in [3.05, 3.63) is 352 Å². The molecular formula is C89H52N14O4Pt3S. The number of ether oxygens (including phenoxy) is 3. The predicted octanol–water partition coefficient (Wildman–Crippen LogP) is 20.6. The summed E-state index contributed by atoms with van der Waals surface area (Å²) in [6, 6.07) is 104. The maximum atomic E-state index is 6.32. The molecule has 0 radical (unpaired) electrons. The van der Waals surface area contributed by atoms with Gasteiger partial charge in [-0.2, -0.15) is 51.7 Å². The molecule has 0 bridgehead atoms. The number of fused-ring (bicyclic) bond motifs is 12. The van der Waals surface area contributed by atoms with Crippen LogP contribution >= 0.6 is 11.3 Å². The van der Waals surface area contributed by atoms with E-state index in [-0.39, 0.29) is 63.2 Å². The third-order valence-corrected chi connectivity index (χ3v) is 19.5. The standard InChI is InChI=1S/C33H20N6O.C28H16N4O2.C28H16N4OS.3Pt/c1-2-11-29-27(10-1)28-15-14-26(21-30(28)38(29)32-13-4-6-18-35-32)40-25-9-7-8-24(20-25)39-33-23(22-36-39)16-19-37(33)31-12-3-5-17-34-31;1-2-9-25-23(8-1)24-12-11-22(17-26(24)31(25)27-10-3-4-14-29-27)34-21-7-5-6-20(16-21)32-28-19(18-30-32)13-15-33-28;1-2-9-25-23(8-1)24-12-11-22(17-26(24)31(25)27-10-3-4-14-29-27)33-21-7-5-6-20(16-21)32-28-19(18-30-32)13-15-34-28;;;/h1-19,22H;2*1-15,18H;;;/q3*-2;3*+2. The van der Waals surface area contributed by atoms with Gasteiger partial charge in [0.1, 0.15) is 33.7 Å². The Morgan fingerprint density at radius 2 is 0.712 bits per heavy atom. The topological polar surface area (TPSA) is 166 Å². The normalized spacial score (nSPS) is 11.2. The molecule has 9 aromatic carbocycles. The van der Waals surface area contributed by atoms with Crippen molar-refractivity contribution in [1.29, 1.82) is 0 Å². The summed E-state index contributed by atoms with van der Waals surface area (Å²) in [4.78, 5) is 19.3. The first kappa shape index (κ1) is 71.1. The minimum atomic E-state index is 0. The van der Waals surface area contributed by atoms with Crippen molar-refractivity contribution in [3.63, 3.8) is 0 Å². The fraction of sp³-hybridized carbons (Fsp3) is 0. The van der Waals surface area contributed by atoms with E-state index < -0.39 is 0 Å². The molecule has 0 unspecified atom stereocenters. The van der Waals surface area contributed by atoms with E-state index in [2.05, 4.69) is 157 Å². The summed E-state index contributed by atoms with van der Waals surface area (Å²) in [7, 11) is 0. The van der Waals surface area contributed by atoms with Gasteiger partial charge in [0.15, 0.2) is 0 Å². The number of aromatic nitrogens is 14. The maximum Gasteiger partial charge on any atom is 2.00 e. The van der Waals surface area contributed by atoms with Gasteiger partial charge in [-0.05, 0) is 124 Å². The average Bonchev–Trinajstić information content (AvgIpc) is 1.62. The van der Waals surface area contributed by atoms with Crippen molar-refractivity contribution < 1.29 is 81.8 Å². The first-order chi connectivity index (χ1) is 53.5. The smallest absolute Gasteiger partial charge is 0.509 e. The van der Waals surface area contributed by atoms with E-state index in [1.54, 1.807) is 53.3 Å². The number of hydrogen-bond donors (Lipinski definition) is 0. The molecule has 0 saturated heterocycles. The zero-order valence-electron chi connectivity index (χ0n) is 57.8. The van der Waals surface area contributed by atoms with Crippen LogP contribution in [-0.4, -0.2) is 67.5 Å². The Balaban J connectivity index is 0.000000120. The summed E-state index contributed by atoms with van der Waals surface area (Å²) < 4.78 is 38.1. The Morgan fingerprint density at radius 1 is 0.315 bits per heavy atom. The number of para-hydroxylation sites is 3. The summed E-state index contributed by atoms with van der Waals surface area (Å²) >= 11 is 1.65. The maximum absolute atomic E-state index is 6.32. The molecule has 0 N–H and O–H groups in total. The molecule has 0 aliphatic rings. The molecular weight excluding hydrogens is 1950 g/mol. The van der Waals surface area contributed by atoms with E-state index in [1.165, 1.54) is 0 Å². The van der Waals surface area contributed by atoms with Gasteiger partial charge in [-0.15, -0.1) is 118 Å². The second kappa shape index (κ2) is 30.6. The number of thiophene rings is 1. The van der Waals surface area contributed by atoms with Crippen LogP contribution < -0.4 is 14.2 Å². The first-order valence-electron chi connectivity index (χ1n) is 34.5. The largest absolute Gasteiger partial charge is 2.00 e. The monoisotopic (exact) mass is 2000 g/mol. The van der Waals surface area contributed by atoms with Crippen LogP contribution in [0.15, 0.2) is 320 Å². The quantitative estimate of drug-likeness (QED) is 0.101. The molecule has 13 heterocycles. The molecule has 0 aliphatic carbocycles. The van der Waals surface area contributed by atoms with Crippen LogP contribution in [0.4, 0.5) is 0 Å². The van der Waals surface area contributed by atoms with E-state index >= 15 is 0 Å². The number of hydrogen-bond acceptors (Lipinski definition) is 12. The molecule has 22 rings (SSSR count). The van der Waals surface area contributed by atoms with Crippen LogP contribution in [0.3, 0.4) is 0 Å². The molecule has 13 aromatic heterocycles. The van der Waals surface area contributed by atoms with Crippen LogP contribution in [0.25, 0.3) is 138 Å². The van der Waals surface area contributed by atoms with E-state index in [4.69, 9.17) is 18.6 Å². The Kier molecular flexibility index (Phi) is 19.6. The summed E-state index contributed by atoms with van der Waals surface area (Å²) in [6.07, 6.45) is 16.3. The van der Waals surface area contributed by atoms with E-state index in [1.807, 2.05) is 221 Å². The molecule has 0 saturated carbocycles. The minimum absolute atomic E-state index is 0. The molecule has 0 fully saturated rings. The summed E-state index contributed by atoms with van der Waals surface area (Å²) in [5.74, 6) is 6.83. The average molecular weight is 2000 g/mol. The molecule has 22 heteroatoms. The van der Waals surface area contributed by atoms with Crippen molar-refractivity contribution in [2.75, 3.05) is 0 Å². The van der Waals surface area contributed by atoms with E-state index in [0.717, 1.165) is 132 Å². The van der Waals surface area contributed by atoms with Gasteiger partial charge in [-0.3, -0.25) is 4.57 Å². The minimum Gasteiger partial charge on any atom is -0.509 e. The van der Waals surface area contributed by atoms with Crippen LogP contribution in [0.5, 0.6) is 34.5 Å². The zero-order chi connectivity index (χ0) is 71.4. The third kappa shape index (κ3) is 13.3. The van der Waals surface area contributed by atoms with Crippen molar-refractivity contribution in [1.82, 2.24) is 67.5 Å². The predicted molar refractivity (Wildman–Crippen MR) is 419 cm³/mol. The van der Waals surface area contributed by atoms with Gasteiger partial charge in [0.2, 0.25) is 5.71 Å². The van der Waals surface area contributed by atoms with E-state index in [0.29, 0.717) is 40.2 Å². The zero-order valence-corrected chi connectivity index (χ0v) is 65.4. The van der Waals surface area contributed by atoms with Gasteiger partial charge in [-0.1, -0.05) is 95.4 Å². The van der Waals surface area contributed by atoms with Crippen LogP contribution in [-0.2, 0) is 63.2 Å². The number of rotatable bonds is 13. The summed E-state index contributed by atoms with van der Waals surface area (Å²) in [6.45, 7) is 0. The number of furan rings is 1. The summed E-state index contributed by atoms with van der Waals surface area (Å²) in [5.41, 5.74) is 9.82. The molecule has 111 heavy (non-hydrogen) atoms. The summed E-state index contributed by atoms with van der Waals surface area (Å²) in [5, 5.41) is 25.4. The number of benzene rings is 9. The second-order valence-corrected chi connectivity index (χ2v) is 26.0. The van der Waals surface area contributed by atoms with Gasteiger partial charge in [0, 0.05) is 92.8 Å². The van der Waals surface area contributed by atoms with E-state index in [9.17, 15) is 0 Å².